The van der Waals surface area contributed by atoms with Crippen molar-refractivity contribution in [3.8, 4) is 0 Å². The summed E-state index contributed by atoms with van der Waals surface area (Å²) in [5.74, 6) is -1.61. The minimum atomic E-state index is -1.18. The topological polar surface area (TPSA) is 37.3 Å². The average molecular weight is 259 g/mol. The third-order valence-corrected chi connectivity index (χ3v) is 2.77. The number of carbonyl (C=O) groups is 1. The molecule has 1 aliphatic rings. The summed E-state index contributed by atoms with van der Waals surface area (Å²) in [5, 5.41) is 8.86. The van der Waals surface area contributed by atoms with E-state index in [1.807, 2.05) is 0 Å². The van der Waals surface area contributed by atoms with E-state index in [1.165, 1.54) is 6.07 Å². The predicted molar refractivity (Wildman–Crippen MR) is 53.0 cm³/mol. The molecule has 0 unspecified atom stereocenters. The van der Waals surface area contributed by atoms with Crippen LogP contribution in [0.15, 0.2) is 16.6 Å². The number of halogens is 2. The van der Waals surface area contributed by atoms with Gasteiger partial charge in [0.25, 0.3) is 0 Å². The smallest absolute Gasteiger partial charge is 0.338 e. The van der Waals surface area contributed by atoms with Gasteiger partial charge in [-0.05, 0) is 36.5 Å². The molecule has 0 aromatic heterocycles. The second-order valence-corrected chi connectivity index (χ2v) is 4.35. The molecule has 2 rings (SSSR count). The fourth-order valence-electron chi connectivity index (χ4n) is 1.54. The number of carboxylic acid groups (broad SMARTS) is 1. The summed E-state index contributed by atoms with van der Waals surface area (Å²) in [6.45, 7) is 0. The Bertz CT molecular complexity index is 399. The molecule has 0 atom stereocenters. The molecule has 0 bridgehead atoms. The largest absolute Gasteiger partial charge is 0.478 e. The van der Waals surface area contributed by atoms with Gasteiger partial charge < -0.3 is 5.11 Å². The van der Waals surface area contributed by atoms with Crippen LogP contribution in [-0.4, -0.2) is 11.1 Å². The molecule has 1 aromatic carbocycles. The third-order valence-electron chi connectivity index (χ3n) is 2.32. The summed E-state index contributed by atoms with van der Waals surface area (Å²) in [6.07, 6.45) is 1.91. The highest BCUT2D eigenvalue weighted by Gasteiger charge is 2.30. The Morgan fingerprint density at radius 3 is 2.64 bits per heavy atom. The number of rotatable bonds is 2. The first kappa shape index (κ1) is 9.65. The maximum atomic E-state index is 13.3. The molecule has 1 N–H and O–H groups in total. The van der Waals surface area contributed by atoms with Gasteiger partial charge in [-0.2, -0.15) is 0 Å². The lowest BCUT2D eigenvalue weighted by Gasteiger charge is -2.06. The molecule has 0 spiro atoms. The van der Waals surface area contributed by atoms with Gasteiger partial charge in [0.2, 0.25) is 0 Å². The van der Waals surface area contributed by atoms with E-state index in [2.05, 4.69) is 15.9 Å². The average Bonchev–Trinajstić information content (AvgIpc) is 2.82. The highest BCUT2D eigenvalue weighted by molar-refractivity contribution is 9.10. The Kier molecular flexibility index (Phi) is 2.31. The van der Waals surface area contributed by atoms with E-state index < -0.39 is 11.8 Å². The molecule has 0 amide bonds. The molecule has 0 aliphatic heterocycles. The van der Waals surface area contributed by atoms with E-state index in [0.29, 0.717) is 10.0 Å². The quantitative estimate of drug-likeness (QED) is 0.885. The van der Waals surface area contributed by atoms with E-state index in [-0.39, 0.29) is 11.5 Å². The predicted octanol–water partition coefficient (Wildman–Crippen LogP) is 3.16. The van der Waals surface area contributed by atoms with Gasteiger partial charge in [-0.1, -0.05) is 15.9 Å². The Balaban J connectivity index is 2.58. The first-order valence-corrected chi connectivity index (χ1v) is 5.11. The second kappa shape index (κ2) is 3.35. The van der Waals surface area contributed by atoms with Crippen LogP contribution in [0.5, 0.6) is 0 Å². The van der Waals surface area contributed by atoms with Crippen molar-refractivity contribution in [2.24, 2.45) is 0 Å². The zero-order valence-corrected chi connectivity index (χ0v) is 8.84. The van der Waals surface area contributed by atoms with Gasteiger partial charge >= 0.3 is 5.97 Å². The number of hydrogen-bond donors (Lipinski definition) is 1. The van der Waals surface area contributed by atoms with Crippen molar-refractivity contribution in [3.05, 3.63) is 33.5 Å². The molecule has 1 saturated carbocycles. The van der Waals surface area contributed by atoms with Crippen molar-refractivity contribution >= 4 is 21.9 Å². The Morgan fingerprint density at radius 1 is 1.50 bits per heavy atom. The van der Waals surface area contributed by atoms with E-state index in [9.17, 15) is 9.18 Å². The van der Waals surface area contributed by atoms with Crippen molar-refractivity contribution in [2.45, 2.75) is 18.8 Å². The number of aromatic carboxylic acids is 1. The van der Waals surface area contributed by atoms with Crippen LogP contribution in [0.4, 0.5) is 4.39 Å². The lowest BCUT2D eigenvalue weighted by atomic mass is 10.0. The van der Waals surface area contributed by atoms with Crippen LogP contribution in [0.2, 0.25) is 0 Å². The summed E-state index contributed by atoms with van der Waals surface area (Å²) in [4.78, 5) is 10.8. The minimum Gasteiger partial charge on any atom is -0.478 e. The first-order valence-electron chi connectivity index (χ1n) is 4.32. The van der Waals surface area contributed by atoms with Gasteiger partial charge in [0, 0.05) is 4.47 Å². The number of benzene rings is 1. The van der Waals surface area contributed by atoms with Crippen molar-refractivity contribution < 1.29 is 14.3 Å². The Hall–Kier alpha value is -0.900. The summed E-state index contributed by atoms with van der Waals surface area (Å²) in [7, 11) is 0. The van der Waals surface area contributed by atoms with Gasteiger partial charge in [-0.25, -0.2) is 9.18 Å². The summed E-state index contributed by atoms with van der Waals surface area (Å²) in [6, 6.07) is 2.89. The Labute approximate surface area is 88.9 Å². The molecule has 2 nitrogen and oxygen atoms in total. The van der Waals surface area contributed by atoms with Crippen LogP contribution < -0.4 is 0 Å². The molecule has 0 heterocycles. The molecule has 4 heteroatoms. The molecule has 1 fully saturated rings. The number of hydrogen-bond acceptors (Lipinski definition) is 1. The zero-order valence-electron chi connectivity index (χ0n) is 7.26. The van der Waals surface area contributed by atoms with Gasteiger partial charge in [0.15, 0.2) is 0 Å². The van der Waals surface area contributed by atoms with Crippen molar-refractivity contribution in [1.82, 2.24) is 0 Å². The van der Waals surface area contributed by atoms with Gasteiger partial charge in [-0.3, -0.25) is 0 Å². The fraction of sp³-hybridized carbons (Fsp3) is 0.300. The molecular formula is C10H8BrFO2. The van der Waals surface area contributed by atoms with Gasteiger partial charge in [0.05, 0.1) is 5.56 Å². The van der Waals surface area contributed by atoms with Gasteiger partial charge in [-0.15, -0.1) is 0 Å². The third kappa shape index (κ3) is 1.66. The molecule has 74 valence electrons. The zero-order chi connectivity index (χ0) is 10.3. The summed E-state index contributed by atoms with van der Waals surface area (Å²) in [5.41, 5.74) is 0.445. The maximum Gasteiger partial charge on any atom is 0.338 e. The van der Waals surface area contributed by atoms with E-state index in [1.54, 1.807) is 6.07 Å². The maximum absolute atomic E-state index is 13.3. The molecule has 14 heavy (non-hydrogen) atoms. The highest BCUT2D eigenvalue weighted by atomic mass is 79.9. The lowest BCUT2D eigenvalue weighted by molar-refractivity contribution is 0.0690. The van der Waals surface area contributed by atoms with Crippen LogP contribution in [0.25, 0.3) is 0 Å². The molecular weight excluding hydrogens is 251 g/mol. The highest BCUT2D eigenvalue weighted by Crippen LogP contribution is 2.43. The van der Waals surface area contributed by atoms with Crippen molar-refractivity contribution in [1.29, 1.82) is 0 Å². The van der Waals surface area contributed by atoms with E-state index in [4.69, 9.17) is 5.11 Å². The summed E-state index contributed by atoms with van der Waals surface area (Å²) < 4.78 is 13.9. The van der Waals surface area contributed by atoms with Crippen LogP contribution >= 0.6 is 15.9 Å². The second-order valence-electron chi connectivity index (χ2n) is 3.43. The Morgan fingerprint density at radius 2 is 2.14 bits per heavy atom. The van der Waals surface area contributed by atoms with Crippen LogP contribution in [-0.2, 0) is 0 Å². The summed E-state index contributed by atoms with van der Waals surface area (Å²) >= 11 is 3.16. The molecule has 0 saturated heterocycles. The van der Waals surface area contributed by atoms with Crippen molar-refractivity contribution in [2.75, 3.05) is 0 Å². The fourth-order valence-corrected chi connectivity index (χ4v) is 1.98. The number of carboxylic acids is 1. The van der Waals surface area contributed by atoms with E-state index in [0.717, 1.165) is 12.8 Å². The standard InChI is InChI=1S/C10H8BrFO2/c11-6-3-7(5-1-2-5)9(10(13)14)8(12)4-6/h3-5H,1-2H2,(H,13,14). The van der Waals surface area contributed by atoms with Gasteiger partial charge in [0.1, 0.15) is 5.82 Å². The van der Waals surface area contributed by atoms with Crippen LogP contribution in [0, 0.1) is 5.82 Å². The minimum absolute atomic E-state index is 0.171. The molecule has 1 aromatic rings. The monoisotopic (exact) mass is 258 g/mol. The normalized spacial score (nSPS) is 15.6. The van der Waals surface area contributed by atoms with Crippen LogP contribution in [0.1, 0.15) is 34.7 Å². The molecule has 0 radical (unpaired) electrons. The lowest BCUT2D eigenvalue weighted by Crippen LogP contribution is -2.05. The van der Waals surface area contributed by atoms with Crippen LogP contribution in [0.3, 0.4) is 0 Å². The molecule has 1 aliphatic carbocycles. The first-order chi connectivity index (χ1) is 6.59. The SMILES string of the molecule is O=C(O)c1c(F)cc(Br)cc1C1CC1. The van der Waals surface area contributed by atoms with Crippen molar-refractivity contribution in [3.63, 3.8) is 0 Å². The van der Waals surface area contributed by atoms with E-state index >= 15 is 0 Å².